The van der Waals surface area contributed by atoms with Gasteiger partial charge in [-0.05, 0) is 20.9 Å². The summed E-state index contributed by atoms with van der Waals surface area (Å²) in [6, 6.07) is -3.53. The summed E-state index contributed by atoms with van der Waals surface area (Å²) in [4.78, 5) is 22.4. The first-order valence-electron chi connectivity index (χ1n) is 5.28. The molecule has 0 aliphatic heterocycles. The van der Waals surface area contributed by atoms with Gasteiger partial charge in [0.15, 0.2) is 0 Å². The monoisotopic (exact) mass is 271 g/mol. The molecule has 0 heterocycles. The topological polar surface area (TPSA) is 66.8 Å². The molecule has 0 aromatic carbocycles. The molecular formula is C10H16F3NO4. The minimum absolute atomic E-state index is 0.0262. The van der Waals surface area contributed by atoms with Gasteiger partial charge in [-0.15, -0.1) is 0 Å². The smallest absolute Gasteiger partial charge is 0.404 e. The van der Waals surface area contributed by atoms with Crippen LogP contribution in [0.1, 0.15) is 20.3 Å². The molecule has 0 saturated carbocycles. The Morgan fingerprint density at radius 2 is 1.89 bits per heavy atom. The van der Waals surface area contributed by atoms with E-state index >= 15 is 0 Å². The number of carboxylic acids is 1. The van der Waals surface area contributed by atoms with E-state index in [1.165, 1.54) is 6.92 Å². The molecule has 1 N–H and O–H groups in total. The molecule has 5 nitrogen and oxygen atoms in total. The predicted molar refractivity (Wildman–Crippen MR) is 56.0 cm³/mol. The van der Waals surface area contributed by atoms with E-state index in [0.29, 0.717) is 4.90 Å². The lowest BCUT2D eigenvalue weighted by Gasteiger charge is -2.31. The van der Waals surface area contributed by atoms with E-state index in [-0.39, 0.29) is 6.61 Å². The molecule has 0 aromatic rings. The average Bonchev–Trinajstić information content (AvgIpc) is 2.22. The Kier molecular flexibility index (Phi) is 6.10. The van der Waals surface area contributed by atoms with E-state index in [2.05, 4.69) is 4.74 Å². The number of nitrogens with zero attached hydrogens (tertiary/aromatic N) is 1. The lowest BCUT2D eigenvalue weighted by atomic mass is 10.1. The highest BCUT2D eigenvalue weighted by molar-refractivity contribution is 5.73. The van der Waals surface area contributed by atoms with Crippen molar-refractivity contribution in [1.29, 1.82) is 0 Å². The van der Waals surface area contributed by atoms with Crippen LogP contribution in [0.25, 0.3) is 0 Å². The molecule has 0 bridgehead atoms. The highest BCUT2D eigenvalue weighted by Gasteiger charge is 2.46. The highest BCUT2D eigenvalue weighted by atomic mass is 19.4. The Bertz CT molecular complexity index is 306. The van der Waals surface area contributed by atoms with Crippen molar-refractivity contribution < 1.29 is 32.6 Å². The fourth-order valence-electron chi connectivity index (χ4n) is 1.31. The lowest BCUT2D eigenvalue weighted by Crippen LogP contribution is -2.51. The minimum atomic E-state index is -4.70. The van der Waals surface area contributed by atoms with Crippen LogP contribution in [0, 0.1) is 0 Å². The van der Waals surface area contributed by atoms with Gasteiger partial charge in [0.1, 0.15) is 12.1 Å². The zero-order valence-electron chi connectivity index (χ0n) is 10.3. The quantitative estimate of drug-likeness (QED) is 0.737. The normalized spacial score (nSPS) is 15.3. The largest absolute Gasteiger partial charge is 0.480 e. The molecule has 0 spiro atoms. The van der Waals surface area contributed by atoms with Crippen molar-refractivity contribution >= 4 is 11.9 Å². The number of aliphatic carboxylic acids is 1. The van der Waals surface area contributed by atoms with Gasteiger partial charge in [-0.25, -0.2) is 0 Å². The second-order valence-electron chi connectivity index (χ2n) is 3.75. The number of alkyl halides is 3. The number of ether oxygens (including phenoxy) is 1. The van der Waals surface area contributed by atoms with Gasteiger partial charge < -0.3 is 9.84 Å². The molecule has 0 aromatic heterocycles. The van der Waals surface area contributed by atoms with Crippen molar-refractivity contribution in [1.82, 2.24) is 4.90 Å². The van der Waals surface area contributed by atoms with E-state index in [9.17, 15) is 22.8 Å². The van der Waals surface area contributed by atoms with Crippen molar-refractivity contribution in [3.63, 3.8) is 0 Å². The third-order valence-corrected chi connectivity index (χ3v) is 2.50. The van der Waals surface area contributed by atoms with Crippen molar-refractivity contribution in [2.75, 3.05) is 13.7 Å². The third kappa shape index (κ3) is 4.91. The number of hydrogen-bond donors (Lipinski definition) is 1. The van der Waals surface area contributed by atoms with Crippen LogP contribution in [0.2, 0.25) is 0 Å². The number of carbonyl (C=O) groups excluding carboxylic acids is 1. The second kappa shape index (κ2) is 6.58. The molecule has 0 radical (unpaired) electrons. The maximum Gasteiger partial charge on any atom is 0.404 e. The summed E-state index contributed by atoms with van der Waals surface area (Å²) in [7, 11) is 1.01. The first-order valence-corrected chi connectivity index (χ1v) is 5.28. The molecule has 18 heavy (non-hydrogen) atoms. The number of carbonyl (C=O) groups is 2. The van der Waals surface area contributed by atoms with Crippen LogP contribution in [-0.2, 0) is 14.3 Å². The second-order valence-corrected chi connectivity index (χ2v) is 3.75. The molecule has 2 atom stereocenters. The van der Waals surface area contributed by atoms with Gasteiger partial charge in [0.25, 0.3) is 0 Å². The fourth-order valence-corrected chi connectivity index (χ4v) is 1.31. The number of likely N-dealkylation sites (N-methyl/N-ethyl adjacent to an activating group) is 1. The Morgan fingerprint density at radius 3 is 2.22 bits per heavy atom. The fraction of sp³-hybridized carbons (Fsp3) is 0.800. The molecule has 0 aliphatic carbocycles. The number of hydrogen-bond acceptors (Lipinski definition) is 4. The summed E-state index contributed by atoms with van der Waals surface area (Å²) >= 11 is 0. The maximum atomic E-state index is 12.8. The van der Waals surface area contributed by atoms with Gasteiger partial charge in [0.2, 0.25) is 0 Å². The number of rotatable bonds is 6. The molecule has 0 fully saturated rings. The molecular weight excluding hydrogens is 255 g/mol. The van der Waals surface area contributed by atoms with Gasteiger partial charge in [0.05, 0.1) is 13.0 Å². The van der Waals surface area contributed by atoms with Gasteiger partial charge in [0, 0.05) is 0 Å². The van der Waals surface area contributed by atoms with E-state index in [1.807, 2.05) is 0 Å². The molecule has 0 aliphatic rings. The van der Waals surface area contributed by atoms with E-state index in [0.717, 1.165) is 14.0 Å². The zero-order valence-corrected chi connectivity index (χ0v) is 10.3. The summed E-state index contributed by atoms with van der Waals surface area (Å²) in [6.07, 6.45) is -5.63. The van der Waals surface area contributed by atoms with Crippen LogP contribution in [0.4, 0.5) is 13.2 Å². The van der Waals surface area contributed by atoms with Crippen LogP contribution in [0.5, 0.6) is 0 Å². The Hall–Kier alpha value is -1.31. The molecule has 0 amide bonds. The summed E-state index contributed by atoms with van der Waals surface area (Å²) in [5, 5.41) is 8.68. The van der Waals surface area contributed by atoms with E-state index in [4.69, 9.17) is 5.11 Å². The molecule has 0 rings (SSSR count). The van der Waals surface area contributed by atoms with Gasteiger partial charge in [-0.2, -0.15) is 13.2 Å². The van der Waals surface area contributed by atoms with Gasteiger partial charge in [-0.3, -0.25) is 14.5 Å². The standard InChI is InChI=1S/C10H16F3NO4/c1-4-18-8(15)5-7(10(11,12)13)14(3)6(2)9(16)17/h6-7H,4-5H2,1-3H3,(H,16,17)/t6-,7?/m0/s1. The van der Waals surface area contributed by atoms with Gasteiger partial charge in [-0.1, -0.05) is 0 Å². The number of halogens is 3. The summed E-state index contributed by atoms with van der Waals surface area (Å²) in [6.45, 7) is 2.57. The summed E-state index contributed by atoms with van der Waals surface area (Å²) < 4.78 is 42.7. The predicted octanol–water partition coefficient (Wildman–Crippen LogP) is 1.28. The summed E-state index contributed by atoms with van der Waals surface area (Å²) in [5.41, 5.74) is 0. The van der Waals surface area contributed by atoms with Crippen molar-refractivity contribution in [2.45, 2.75) is 38.5 Å². The lowest BCUT2D eigenvalue weighted by molar-refractivity contribution is -0.195. The first-order chi connectivity index (χ1) is 8.11. The Balaban J connectivity index is 4.90. The highest BCUT2D eigenvalue weighted by Crippen LogP contribution is 2.28. The van der Waals surface area contributed by atoms with Crippen molar-refractivity contribution in [3.8, 4) is 0 Å². The minimum Gasteiger partial charge on any atom is -0.480 e. The van der Waals surface area contributed by atoms with Crippen LogP contribution >= 0.6 is 0 Å². The van der Waals surface area contributed by atoms with Crippen LogP contribution < -0.4 is 0 Å². The van der Waals surface area contributed by atoms with E-state index in [1.54, 1.807) is 0 Å². The Labute approximate surface area is 103 Å². The molecule has 8 heteroatoms. The van der Waals surface area contributed by atoms with Crippen molar-refractivity contribution in [2.24, 2.45) is 0 Å². The Morgan fingerprint density at radius 1 is 1.39 bits per heavy atom. The summed E-state index contributed by atoms with van der Waals surface area (Å²) in [5.74, 6) is -2.40. The van der Waals surface area contributed by atoms with Crippen LogP contribution in [0.3, 0.4) is 0 Å². The SMILES string of the molecule is CCOC(=O)CC(N(C)[C@@H](C)C(=O)O)C(F)(F)F. The number of esters is 1. The molecule has 0 saturated heterocycles. The van der Waals surface area contributed by atoms with E-state index < -0.39 is 36.6 Å². The van der Waals surface area contributed by atoms with Crippen LogP contribution in [0.15, 0.2) is 0 Å². The average molecular weight is 271 g/mol. The van der Waals surface area contributed by atoms with Crippen LogP contribution in [-0.4, -0.2) is 53.9 Å². The van der Waals surface area contributed by atoms with Crippen molar-refractivity contribution in [3.05, 3.63) is 0 Å². The number of carboxylic acid groups (broad SMARTS) is 1. The molecule has 1 unspecified atom stereocenters. The van der Waals surface area contributed by atoms with Gasteiger partial charge >= 0.3 is 18.1 Å². The first kappa shape index (κ1) is 16.7. The molecule has 106 valence electrons. The third-order valence-electron chi connectivity index (χ3n) is 2.50. The zero-order chi connectivity index (χ0) is 14.5. The maximum absolute atomic E-state index is 12.8.